The molecule has 0 spiro atoms. The van der Waals surface area contributed by atoms with Gasteiger partial charge in [0.25, 0.3) is 5.91 Å². The predicted molar refractivity (Wildman–Crippen MR) is 92.6 cm³/mol. The van der Waals surface area contributed by atoms with Crippen molar-refractivity contribution in [3.63, 3.8) is 0 Å². The van der Waals surface area contributed by atoms with Crippen molar-refractivity contribution in [3.05, 3.63) is 58.6 Å². The highest BCUT2D eigenvalue weighted by Gasteiger charge is 2.13. The molecule has 22 heavy (non-hydrogen) atoms. The molecule has 0 aliphatic rings. The van der Waals surface area contributed by atoms with Crippen LogP contribution in [0.25, 0.3) is 0 Å². The van der Waals surface area contributed by atoms with Crippen LogP contribution >= 0.6 is 15.9 Å². The molecule has 0 unspecified atom stereocenters. The summed E-state index contributed by atoms with van der Waals surface area (Å²) in [4.78, 5) is 14.5. The Kier molecular flexibility index (Phi) is 5.98. The van der Waals surface area contributed by atoms with E-state index in [9.17, 15) is 4.79 Å². The van der Waals surface area contributed by atoms with Crippen molar-refractivity contribution >= 4 is 27.5 Å². The molecule has 1 N–H and O–H groups in total. The summed E-state index contributed by atoms with van der Waals surface area (Å²) in [7, 11) is 3.96. The molecular weight excluding hydrogens is 344 g/mol. The van der Waals surface area contributed by atoms with Gasteiger partial charge in [-0.05, 0) is 44.4 Å². The number of anilines is 1. The van der Waals surface area contributed by atoms with Gasteiger partial charge in [0.05, 0.1) is 5.56 Å². The van der Waals surface area contributed by atoms with E-state index in [-0.39, 0.29) is 5.91 Å². The molecule has 0 saturated heterocycles. The third-order valence-corrected chi connectivity index (χ3v) is 3.51. The van der Waals surface area contributed by atoms with Crippen LogP contribution in [0.3, 0.4) is 0 Å². The van der Waals surface area contributed by atoms with Crippen molar-refractivity contribution < 1.29 is 9.53 Å². The fourth-order valence-electron chi connectivity index (χ4n) is 1.86. The molecule has 4 nitrogen and oxygen atoms in total. The van der Waals surface area contributed by atoms with E-state index in [0.717, 1.165) is 16.7 Å². The summed E-state index contributed by atoms with van der Waals surface area (Å²) in [6, 6.07) is 14.8. The number of benzene rings is 2. The molecule has 0 atom stereocenters. The lowest BCUT2D eigenvalue weighted by Crippen LogP contribution is -2.20. The average Bonchev–Trinajstić information content (AvgIpc) is 2.48. The number of hydrogen-bond donors (Lipinski definition) is 1. The van der Waals surface area contributed by atoms with Gasteiger partial charge < -0.3 is 15.0 Å². The van der Waals surface area contributed by atoms with Crippen LogP contribution < -0.4 is 10.1 Å². The fraction of sp³-hybridized carbons (Fsp3) is 0.235. The SMILES string of the molecule is CN(C)CCOc1cc(Br)ccc1C(=O)Nc1ccccc1. The summed E-state index contributed by atoms with van der Waals surface area (Å²) >= 11 is 3.41. The number of halogens is 1. The lowest BCUT2D eigenvalue weighted by Gasteiger charge is -2.14. The molecular formula is C17H19BrN2O2. The average molecular weight is 363 g/mol. The van der Waals surface area contributed by atoms with Crippen LogP contribution in [-0.4, -0.2) is 38.1 Å². The van der Waals surface area contributed by atoms with Crippen LogP contribution in [0.1, 0.15) is 10.4 Å². The number of hydrogen-bond acceptors (Lipinski definition) is 3. The third kappa shape index (κ3) is 4.86. The minimum Gasteiger partial charge on any atom is -0.491 e. The van der Waals surface area contributed by atoms with Gasteiger partial charge in [0.2, 0.25) is 0 Å². The lowest BCUT2D eigenvalue weighted by molar-refractivity contribution is 0.102. The largest absolute Gasteiger partial charge is 0.491 e. The van der Waals surface area contributed by atoms with E-state index in [0.29, 0.717) is 17.9 Å². The monoisotopic (exact) mass is 362 g/mol. The number of amides is 1. The molecule has 0 aliphatic carbocycles. The second-order valence-electron chi connectivity index (χ2n) is 5.11. The molecule has 0 aliphatic heterocycles. The van der Waals surface area contributed by atoms with E-state index in [1.165, 1.54) is 0 Å². The first-order valence-electron chi connectivity index (χ1n) is 7.00. The Labute approximate surface area is 139 Å². The van der Waals surface area contributed by atoms with Gasteiger partial charge in [-0.3, -0.25) is 4.79 Å². The van der Waals surface area contributed by atoms with E-state index < -0.39 is 0 Å². The minimum atomic E-state index is -0.182. The number of nitrogens with zero attached hydrogens (tertiary/aromatic N) is 1. The summed E-state index contributed by atoms with van der Waals surface area (Å²) in [5.74, 6) is 0.392. The van der Waals surface area contributed by atoms with Gasteiger partial charge in [-0.1, -0.05) is 34.1 Å². The lowest BCUT2D eigenvalue weighted by atomic mass is 10.2. The zero-order chi connectivity index (χ0) is 15.9. The van der Waals surface area contributed by atoms with Gasteiger partial charge in [-0.15, -0.1) is 0 Å². The Morgan fingerprint density at radius 2 is 1.91 bits per heavy atom. The van der Waals surface area contributed by atoms with Crippen molar-refractivity contribution in [2.75, 3.05) is 32.6 Å². The Hall–Kier alpha value is -1.85. The first-order valence-corrected chi connectivity index (χ1v) is 7.79. The maximum atomic E-state index is 12.4. The zero-order valence-electron chi connectivity index (χ0n) is 12.7. The second kappa shape index (κ2) is 7.96. The molecule has 5 heteroatoms. The van der Waals surface area contributed by atoms with Gasteiger partial charge in [0, 0.05) is 16.7 Å². The molecule has 0 saturated carbocycles. The Morgan fingerprint density at radius 3 is 2.59 bits per heavy atom. The van der Waals surface area contributed by atoms with Crippen LogP contribution in [-0.2, 0) is 0 Å². The highest BCUT2D eigenvalue weighted by molar-refractivity contribution is 9.10. The van der Waals surface area contributed by atoms with Gasteiger partial charge in [-0.2, -0.15) is 0 Å². The van der Waals surface area contributed by atoms with E-state index in [1.54, 1.807) is 6.07 Å². The number of carbonyl (C=O) groups excluding carboxylic acids is 1. The normalized spacial score (nSPS) is 10.5. The van der Waals surface area contributed by atoms with Crippen molar-refractivity contribution in [2.45, 2.75) is 0 Å². The highest BCUT2D eigenvalue weighted by Crippen LogP contribution is 2.25. The molecule has 2 rings (SSSR count). The molecule has 0 heterocycles. The van der Waals surface area contributed by atoms with Crippen LogP contribution in [0.5, 0.6) is 5.75 Å². The first kappa shape index (κ1) is 16.5. The molecule has 2 aromatic rings. The molecule has 0 radical (unpaired) electrons. The molecule has 2 aromatic carbocycles. The van der Waals surface area contributed by atoms with Crippen LogP contribution in [0.15, 0.2) is 53.0 Å². The van der Waals surface area contributed by atoms with Gasteiger partial charge in [-0.25, -0.2) is 0 Å². The Bertz CT molecular complexity index is 630. The molecule has 116 valence electrons. The summed E-state index contributed by atoms with van der Waals surface area (Å²) in [5.41, 5.74) is 1.28. The first-order chi connectivity index (χ1) is 10.6. The van der Waals surface area contributed by atoms with Crippen molar-refractivity contribution in [2.24, 2.45) is 0 Å². The molecule has 1 amide bonds. The molecule has 0 fully saturated rings. The van der Waals surface area contributed by atoms with E-state index in [1.807, 2.05) is 61.5 Å². The summed E-state index contributed by atoms with van der Waals surface area (Å²) in [6.45, 7) is 1.31. The quantitative estimate of drug-likeness (QED) is 0.852. The Morgan fingerprint density at radius 1 is 1.18 bits per heavy atom. The summed E-state index contributed by atoms with van der Waals surface area (Å²) in [5, 5.41) is 2.87. The smallest absolute Gasteiger partial charge is 0.259 e. The third-order valence-electron chi connectivity index (χ3n) is 3.02. The maximum Gasteiger partial charge on any atom is 0.259 e. The number of carbonyl (C=O) groups is 1. The van der Waals surface area contributed by atoms with E-state index in [2.05, 4.69) is 21.2 Å². The second-order valence-corrected chi connectivity index (χ2v) is 6.03. The minimum absolute atomic E-state index is 0.182. The summed E-state index contributed by atoms with van der Waals surface area (Å²) < 4.78 is 6.63. The zero-order valence-corrected chi connectivity index (χ0v) is 14.3. The number of para-hydroxylation sites is 1. The highest BCUT2D eigenvalue weighted by atomic mass is 79.9. The fourth-order valence-corrected chi connectivity index (χ4v) is 2.20. The van der Waals surface area contributed by atoms with Gasteiger partial charge >= 0.3 is 0 Å². The number of rotatable bonds is 6. The van der Waals surface area contributed by atoms with Crippen molar-refractivity contribution in [1.29, 1.82) is 0 Å². The van der Waals surface area contributed by atoms with Crippen LogP contribution in [0.2, 0.25) is 0 Å². The maximum absolute atomic E-state index is 12.4. The van der Waals surface area contributed by atoms with E-state index >= 15 is 0 Å². The number of ether oxygens (including phenoxy) is 1. The van der Waals surface area contributed by atoms with Crippen molar-refractivity contribution in [3.8, 4) is 5.75 Å². The van der Waals surface area contributed by atoms with Crippen molar-refractivity contribution in [1.82, 2.24) is 4.90 Å². The topological polar surface area (TPSA) is 41.6 Å². The Balaban J connectivity index is 2.13. The standard InChI is InChI=1S/C17H19BrN2O2/c1-20(2)10-11-22-16-12-13(18)8-9-15(16)17(21)19-14-6-4-3-5-7-14/h3-9,12H,10-11H2,1-2H3,(H,19,21). The van der Waals surface area contributed by atoms with E-state index in [4.69, 9.17) is 4.74 Å². The van der Waals surface area contributed by atoms with Crippen LogP contribution in [0.4, 0.5) is 5.69 Å². The predicted octanol–water partition coefficient (Wildman–Crippen LogP) is 3.64. The molecule has 0 bridgehead atoms. The number of nitrogens with one attached hydrogen (secondary N) is 1. The van der Waals surface area contributed by atoms with Gasteiger partial charge in [0.15, 0.2) is 0 Å². The van der Waals surface area contributed by atoms with Crippen LogP contribution in [0, 0.1) is 0 Å². The van der Waals surface area contributed by atoms with Gasteiger partial charge in [0.1, 0.15) is 12.4 Å². The number of likely N-dealkylation sites (N-methyl/N-ethyl adjacent to an activating group) is 1. The summed E-state index contributed by atoms with van der Waals surface area (Å²) in [6.07, 6.45) is 0. The molecule has 0 aromatic heterocycles.